The van der Waals surface area contributed by atoms with E-state index in [9.17, 15) is 0 Å². The molecule has 2 heteroatoms. The first-order chi connectivity index (χ1) is 11.7. The molecule has 0 aromatic rings. The highest BCUT2D eigenvalue weighted by atomic mass is 15.1. The second-order valence-electron chi connectivity index (χ2n) is 7.82. The van der Waals surface area contributed by atoms with Gasteiger partial charge in [-0.25, -0.2) is 0 Å². The lowest BCUT2D eigenvalue weighted by molar-refractivity contribution is 0.186. The molecule has 0 bridgehead atoms. The quantitative estimate of drug-likeness (QED) is 0.288. The molecule has 0 aromatic heterocycles. The fourth-order valence-corrected chi connectivity index (χ4v) is 3.73. The van der Waals surface area contributed by atoms with Gasteiger partial charge in [0.2, 0.25) is 0 Å². The maximum absolute atomic E-state index is 6.48. The van der Waals surface area contributed by atoms with E-state index >= 15 is 0 Å². The van der Waals surface area contributed by atoms with Crippen LogP contribution in [-0.4, -0.2) is 30.6 Å². The minimum absolute atomic E-state index is 0.357. The van der Waals surface area contributed by atoms with Crippen LogP contribution in [0, 0.1) is 0 Å². The van der Waals surface area contributed by atoms with Crippen molar-refractivity contribution in [2.75, 3.05) is 13.6 Å². The minimum atomic E-state index is 0.357. The van der Waals surface area contributed by atoms with E-state index in [0.717, 1.165) is 0 Å². The molecule has 0 fully saturated rings. The summed E-state index contributed by atoms with van der Waals surface area (Å²) >= 11 is 0. The van der Waals surface area contributed by atoms with Gasteiger partial charge in [-0.05, 0) is 32.9 Å². The van der Waals surface area contributed by atoms with Crippen molar-refractivity contribution >= 4 is 0 Å². The Morgan fingerprint density at radius 2 is 1.12 bits per heavy atom. The molecule has 0 amide bonds. The number of likely N-dealkylation sites (N-methyl/N-ethyl adjacent to an activating group) is 1. The van der Waals surface area contributed by atoms with E-state index in [2.05, 4.69) is 32.7 Å². The molecule has 1 unspecified atom stereocenters. The summed E-state index contributed by atoms with van der Waals surface area (Å²) in [5.41, 5.74) is 6.48. The molecule has 0 radical (unpaired) electrons. The molecule has 2 atom stereocenters. The lowest BCUT2D eigenvalue weighted by atomic mass is 9.96. The predicted molar refractivity (Wildman–Crippen MR) is 111 cm³/mol. The predicted octanol–water partition coefficient (Wildman–Crippen LogP) is 6.53. The molecule has 0 saturated heterocycles. The first kappa shape index (κ1) is 23.9. The minimum Gasteiger partial charge on any atom is -0.326 e. The summed E-state index contributed by atoms with van der Waals surface area (Å²) < 4.78 is 0. The van der Waals surface area contributed by atoms with Crippen LogP contribution in [0.15, 0.2) is 0 Å². The molecule has 0 spiro atoms. The van der Waals surface area contributed by atoms with Crippen molar-refractivity contribution in [2.45, 2.75) is 129 Å². The third kappa shape index (κ3) is 13.2. The average molecular weight is 341 g/mol. The standard InChI is InChI=1S/C22H48N2/c1-5-8-10-11-12-13-14-15-17-20-24(4)22(19-16-9-6-2)21(23)18-7-3/h21-22H,5-20,23H2,1-4H3/t21?,22-/m0/s1. The number of rotatable bonds is 18. The van der Waals surface area contributed by atoms with Crippen LogP contribution >= 0.6 is 0 Å². The molecule has 0 aromatic carbocycles. The van der Waals surface area contributed by atoms with E-state index in [1.54, 1.807) is 0 Å². The Morgan fingerprint density at radius 3 is 1.67 bits per heavy atom. The van der Waals surface area contributed by atoms with Gasteiger partial charge < -0.3 is 10.6 Å². The molecule has 0 saturated carbocycles. The highest BCUT2D eigenvalue weighted by molar-refractivity contribution is 4.80. The number of hydrogen-bond donors (Lipinski definition) is 1. The molecule has 146 valence electrons. The molecular weight excluding hydrogens is 292 g/mol. The Balaban J connectivity index is 3.85. The van der Waals surface area contributed by atoms with Crippen molar-refractivity contribution in [2.24, 2.45) is 5.73 Å². The van der Waals surface area contributed by atoms with Crippen molar-refractivity contribution in [1.29, 1.82) is 0 Å². The summed E-state index contributed by atoms with van der Waals surface area (Å²) in [5.74, 6) is 0. The maximum atomic E-state index is 6.48. The Bertz CT molecular complexity index is 242. The van der Waals surface area contributed by atoms with Crippen LogP contribution in [-0.2, 0) is 0 Å². The Morgan fingerprint density at radius 1 is 0.625 bits per heavy atom. The van der Waals surface area contributed by atoms with E-state index in [0.29, 0.717) is 12.1 Å². The Hall–Kier alpha value is -0.0800. The largest absolute Gasteiger partial charge is 0.326 e. The highest BCUT2D eigenvalue weighted by Gasteiger charge is 2.20. The van der Waals surface area contributed by atoms with Crippen molar-refractivity contribution in [3.8, 4) is 0 Å². The van der Waals surface area contributed by atoms with E-state index in [4.69, 9.17) is 5.73 Å². The van der Waals surface area contributed by atoms with Crippen LogP contribution in [0.4, 0.5) is 0 Å². The summed E-state index contributed by atoms with van der Waals surface area (Å²) in [4.78, 5) is 2.57. The van der Waals surface area contributed by atoms with Gasteiger partial charge in [-0.2, -0.15) is 0 Å². The van der Waals surface area contributed by atoms with Crippen molar-refractivity contribution in [3.63, 3.8) is 0 Å². The zero-order valence-corrected chi connectivity index (χ0v) is 17.5. The lowest BCUT2D eigenvalue weighted by Crippen LogP contribution is -2.46. The second kappa shape index (κ2) is 17.7. The van der Waals surface area contributed by atoms with Crippen molar-refractivity contribution in [1.82, 2.24) is 4.90 Å². The molecule has 0 rings (SSSR count). The molecule has 2 nitrogen and oxygen atoms in total. The normalized spacial score (nSPS) is 14.2. The average Bonchev–Trinajstić information content (AvgIpc) is 2.57. The SMILES string of the molecule is CCCCCCCCCCCN(C)[C@@H](CCCCC)C(N)CCC. The van der Waals surface area contributed by atoms with Crippen LogP contribution in [0.5, 0.6) is 0 Å². The lowest BCUT2D eigenvalue weighted by Gasteiger charge is -2.33. The number of hydrogen-bond acceptors (Lipinski definition) is 2. The fourth-order valence-electron chi connectivity index (χ4n) is 3.73. The van der Waals surface area contributed by atoms with Gasteiger partial charge in [-0.15, -0.1) is 0 Å². The van der Waals surface area contributed by atoms with Gasteiger partial charge in [-0.1, -0.05) is 97.8 Å². The summed E-state index contributed by atoms with van der Waals surface area (Å²) in [6, 6.07) is 0.945. The zero-order valence-electron chi connectivity index (χ0n) is 17.5. The molecule has 2 N–H and O–H groups in total. The zero-order chi connectivity index (χ0) is 18.0. The van der Waals surface area contributed by atoms with Crippen LogP contribution in [0.25, 0.3) is 0 Å². The van der Waals surface area contributed by atoms with Gasteiger partial charge in [-0.3, -0.25) is 0 Å². The summed E-state index contributed by atoms with van der Waals surface area (Å²) in [5, 5.41) is 0. The number of nitrogens with two attached hydrogens (primary N) is 1. The monoisotopic (exact) mass is 340 g/mol. The highest BCUT2D eigenvalue weighted by Crippen LogP contribution is 2.16. The molecule has 0 aliphatic heterocycles. The van der Waals surface area contributed by atoms with E-state index in [1.807, 2.05) is 0 Å². The second-order valence-corrected chi connectivity index (χ2v) is 7.82. The Kier molecular flexibility index (Phi) is 17.7. The Labute approximate surface area is 154 Å². The van der Waals surface area contributed by atoms with Gasteiger partial charge in [0.25, 0.3) is 0 Å². The van der Waals surface area contributed by atoms with Crippen molar-refractivity contribution < 1.29 is 0 Å². The van der Waals surface area contributed by atoms with Crippen LogP contribution < -0.4 is 5.73 Å². The first-order valence-corrected chi connectivity index (χ1v) is 11.1. The first-order valence-electron chi connectivity index (χ1n) is 11.1. The summed E-state index contributed by atoms with van der Waals surface area (Å²) in [7, 11) is 2.30. The van der Waals surface area contributed by atoms with Crippen molar-refractivity contribution in [3.05, 3.63) is 0 Å². The van der Waals surface area contributed by atoms with Crippen LogP contribution in [0.1, 0.15) is 117 Å². The molecule has 0 aliphatic rings. The van der Waals surface area contributed by atoms with E-state index in [1.165, 1.54) is 103 Å². The molecule has 24 heavy (non-hydrogen) atoms. The fraction of sp³-hybridized carbons (Fsp3) is 1.00. The van der Waals surface area contributed by atoms with Gasteiger partial charge in [0, 0.05) is 12.1 Å². The molecular formula is C22H48N2. The van der Waals surface area contributed by atoms with Crippen LogP contribution in [0.3, 0.4) is 0 Å². The third-order valence-electron chi connectivity index (χ3n) is 5.40. The number of unbranched alkanes of at least 4 members (excludes halogenated alkanes) is 10. The molecule has 0 aliphatic carbocycles. The van der Waals surface area contributed by atoms with Gasteiger partial charge in [0.1, 0.15) is 0 Å². The number of nitrogens with zero attached hydrogens (tertiary/aromatic N) is 1. The summed E-state index contributed by atoms with van der Waals surface area (Å²) in [6.07, 6.45) is 20.3. The van der Waals surface area contributed by atoms with Gasteiger partial charge in [0.15, 0.2) is 0 Å². The van der Waals surface area contributed by atoms with Gasteiger partial charge in [0.05, 0.1) is 0 Å². The smallest absolute Gasteiger partial charge is 0.0244 e. The summed E-state index contributed by atoms with van der Waals surface area (Å²) in [6.45, 7) is 8.05. The van der Waals surface area contributed by atoms with E-state index in [-0.39, 0.29) is 0 Å². The topological polar surface area (TPSA) is 29.3 Å². The third-order valence-corrected chi connectivity index (χ3v) is 5.40. The van der Waals surface area contributed by atoms with Crippen LogP contribution in [0.2, 0.25) is 0 Å². The van der Waals surface area contributed by atoms with Gasteiger partial charge >= 0.3 is 0 Å². The maximum Gasteiger partial charge on any atom is 0.0244 e. The molecule has 0 heterocycles. The van der Waals surface area contributed by atoms with E-state index < -0.39 is 0 Å².